The van der Waals surface area contributed by atoms with E-state index in [0.29, 0.717) is 6.42 Å². The highest BCUT2D eigenvalue weighted by Crippen LogP contribution is 2.16. The first-order valence-corrected chi connectivity index (χ1v) is 6.23. The molecule has 0 radical (unpaired) electrons. The number of thiocarbonyl (C=S) groups is 1. The SMILES string of the molecule is NC(=S)[C@@H](Cc1ccc2ccccc2c1)NC(=O)O. The largest absolute Gasteiger partial charge is 0.465 e. The summed E-state index contributed by atoms with van der Waals surface area (Å²) < 4.78 is 0. The van der Waals surface area contributed by atoms with Crippen LogP contribution < -0.4 is 11.1 Å². The molecule has 0 spiro atoms. The number of nitrogens with one attached hydrogen (secondary N) is 1. The van der Waals surface area contributed by atoms with Crippen LogP contribution in [0.15, 0.2) is 42.5 Å². The number of hydrogen-bond donors (Lipinski definition) is 3. The molecule has 4 nitrogen and oxygen atoms in total. The fourth-order valence-electron chi connectivity index (χ4n) is 1.97. The molecule has 1 atom stereocenters. The Kier molecular flexibility index (Phi) is 3.97. The highest BCUT2D eigenvalue weighted by Gasteiger charge is 2.15. The molecule has 19 heavy (non-hydrogen) atoms. The smallest absolute Gasteiger partial charge is 0.405 e. The number of hydrogen-bond acceptors (Lipinski definition) is 2. The second-order valence-corrected chi connectivity index (χ2v) is 4.76. The lowest BCUT2D eigenvalue weighted by molar-refractivity contribution is 0.192. The molecular formula is C14H14N2O2S. The number of amides is 1. The molecule has 0 saturated carbocycles. The van der Waals surface area contributed by atoms with Crippen LogP contribution in [0.3, 0.4) is 0 Å². The highest BCUT2D eigenvalue weighted by atomic mass is 32.1. The van der Waals surface area contributed by atoms with Gasteiger partial charge in [-0.3, -0.25) is 0 Å². The molecule has 4 N–H and O–H groups in total. The van der Waals surface area contributed by atoms with Gasteiger partial charge in [0.25, 0.3) is 0 Å². The molecule has 0 fully saturated rings. The second-order valence-electron chi connectivity index (χ2n) is 4.29. The van der Waals surface area contributed by atoms with Crippen molar-refractivity contribution in [3.8, 4) is 0 Å². The molecule has 0 saturated heterocycles. The van der Waals surface area contributed by atoms with Gasteiger partial charge >= 0.3 is 6.09 Å². The van der Waals surface area contributed by atoms with Gasteiger partial charge in [-0.25, -0.2) is 4.79 Å². The number of rotatable bonds is 4. The molecule has 98 valence electrons. The number of carbonyl (C=O) groups is 1. The van der Waals surface area contributed by atoms with Crippen molar-refractivity contribution in [3.05, 3.63) is 48.0 Å². The topological polar surface area (TPSA) is 75.3 Å². The number of benzene rings is 2. The van der Waals surface area contributed by atoms with Gasteiger partial charge in [-0.05, 0) is 22.8 Å². The van der Waals surface area contributed by atoms with E-state index in [9.17, 15) is 4.79 Å². The van der Waals surface area contributed by atoms with Crippen molar-refractivity contribution >= 4 is 34.1 Å². The van der Waals surface area contributed by atoms with Gasteiger partial charge in [0.05, 0.1) is 11.0 Å². The Balaban J connectivity index is 2.23. The summed E-state index contributed by atoms with van der Waals surface area (Å²) in [5.41, 5.74) is 6.54. The molecular weight excluding hydrogens is 260 g/mol. The monoisotopic (exact) mass is 274 g/mol. The number of nitrogens with two attached hydrogens (primary N) is 1. The number of fused-ring (bicyclic) bond motifs is 1. The number of carboxylic acid groups (broad SMARTS) is 1. The van der Waals surface area contributed by atoms with Crippen molar-refractivity contribution in [3.63, 3.8) is 0 Å². The molecule has 2 rings (SSSR count). The van der Waals surface area contributed by atoms with E-state index in [-0.39, 0.29) is 4.99 Å². The Labute approximate surface area is 116 Å². The molecule has 2 aromatic carbocycles. The van der Waals surface area contributed by atoms with Crippen LogP contribution in [0, 0.1) is 0 Å². The van der Waals surface area contributed by atoms with Gasteiger partial charge in [0.2, 0.25) is 0 Å². The molecule has 0 unspecified atom stereocenters. The Morgan fingerprint density at radius 1 is 1.26 bits per heavy atom. The maximum Gasteiger partial charge on any atom is 0.405 e. The summed E-state index contributed by atoms with van der Waals surface area (Å²) in [5, 5.41) is 13.3. The minimum absolute atomic E-state index is 0.149. The molecule has 0 aliphatic heterocycles. The third-order valence-corrected chi connectivity index (χ3v) is 3.18. The Hall–Kier alpha value is -2.14. The van der Waals surface area contributed by atoms with Crippen LogP contribution in [0.4, 0.5) is 4.79 Å². The predicted octanol–water partition coefficient (Wildman–Crippen LogP) is 2.30. The van der Waals surface area contributed by atoms with Crippen molar-refractivity contribution < 1.29 is 9.90 Å². The lowest BCUT2D eigenvalue weighted by Crippen LogP contribution is -2.44. The van der Waals surface area contributed by atoms with Crippen molar-refractivity contribution in [1.29, 1.82) is 0 Å². The zero-order valence-corrected chi connectivity index (χ0v) is 11.0. The molecule has 0 bridgehead atoms. The van der Waals surface area contributed by atoms with Crippen LogP contribution >= 0.6 is 12.2 Å². The summed E-state index contributed by atoms with van der Waals surface area (Å²) in [7, 11) is 0. The molecule has 0 aromatic heterocycles. The Morgan fingerprint density at radius 3 is 2.58 bits per heavy atom. The predicted molar refractivity (Wildman–Crippen MR) is 79.4 cm³/mol. The minimum atomic E-state index is -1.13. The van der Waals surface area contributed by atoms with Crippen LogP contribution in [0.5, 0.6) is 0 Å². The van der Waals surface area contributed by atoms with Gasteiger partial charge in [0.1, 0.15) is 0 Å². The third-order valence-electron chi connectivity index (χ3n) is 2.89. The molecule has 1 amide bonds. The van der Waals surface area contributed by atoms with E-state index < -0.39 is 12.1 Å². The summed E-state index contributed by atoms with van der Waals surface area (Å²) in [4.78, 5) is 10.8. The summed E-state index contributed by atoms with van der Waals surface area (Å²) >= 11 is 4.88. The van der Waals surface area contributed by atoms with Crippen molar-refractivity contribution in [2.24, 2.45) is 5.73 Å². The normalized spacial score (nSPS) is 12.0. The quantitative estimate of drug-likeness (QED) is 0.748. The third kappa shape index (κ3) is 3.42. The lowest BCUT2D eigenvalue weighted by Gasteiger charge is -2.15. The van der Waals surface area contributed by atoms with E-state index in [1.165, 1.54) is 0 Å². The van der Waals surface area contributed by atoms with Crippen molar-refractivity contribution in [2.75, 3.05) is 0 Å². The van der Waals surface area contributed by atoms with Gasteiger partial charge < -0.3 is 16.2 Å². The van der Waals surface area contributed by atoms with E-state index in [2.05, 4.69) is 5.32 Å². The fourth-order valence-corrected chi connectivity index (χ4v) is 2.12. The Morgan fingerprint density at radius 2 is 1.95 bits per heavy atom. The summed E-state index contributed by atoms with van der Waals surface area (Å²) in [6, 6.07) is 13.4. The zero-order valence-electron chi connectivity index (χ0n) is 10.2. The van der Waals surface area contributed by atoms with Gasteiger partial charge in [0, 0.05) is 0 Å². The van der Waals surface area contributed by atoms with Crippen LogP contribution in [0.2, 0.25) is 0 Å². The van der Waals surface area contributed by atoms with Crippen LogP contribution in [-0.4, -0.2) is 22.2 Å². The lowest BCUT2D eigenvalue weighted by atomic mass is 10.0. The summed E-state index contributed by atoms with van der Waals surface area (Å²) in [5.74, 6) is 0. The first-order chi connectivity index (χ1) is 9.06. The fraction of sp³-hybridized carbons (Fsp3) is 0.143. The molecule has 0 heterocycles. The molecule has 0 aliphatic rings. The highest BCUT2D eigenvalue weighted by molar-refractivity contribution is 7.80. The first kappa shape index (κ1) is 13.3. The first-order valence-electron chi connectivity index (χ1n) is 5.83. The molecule has 5 heteroatoms. The summed E-state index contributed by atoms with van der Waals surface area (Å²) in [6.07, 6.45) is -0.675. The maximum atomic E-state index is 10.7. The average Bonchev–Trinajstić information content (AvgIpc) is 2.37. The maximum absolute atomic E-state index is 10.7. The van der Waals surface area contributed by atoms with Crippen LogP contribution in [0.25, 0.3) is 10.8 Å². The second kappa shape index (κ2) is 5.67. The minimum Gasteiger partial charge on any atom is -0.465 e. The van der Waals surface area contributed by atoms with Crippen LogP contribution in [-0.2, 0) is 6.42 Å². The molecule has 2 aromatic rings. The van der Waals surface area contributed by atoms with Gasteiger partial charge in [0.15, 0.2) is 0 Å². The van der Waals surface area contributed by atoms with E-state index in [0.717, 1.165) is 16.3 Å². The van der Waals surface area contributed by atoms with E-state index >= 15 is 0 Å². The van der Waals surface area contributed by atoms with E-state index in [1.807, 2.05) is 42.5 Å². The van der Waals surface area contributed by atoms with Crippen molar-refractivity contribution in [2.45, 2.75) is 12.5 Å². The zero-order chi connectivity index (χ0) is 13.8. The van der Waals surface area contributed by atoms with E-state index in [1.54, 1.807) is 0 Å². The van der Waals surface area contributed by atoms with Gasteiger partial charge in [-0.1, -0.05) is 54.7 Å². The summed E-state index contributed by atoms with van der Waals surface area (Å²) in [6.45, 7) is 0. The van der Waals surface area contributed by atoms with Gasteiger partial charge in [-0.15, -0.1) is 0 Å². The van der Waals surface area contributed by atoms with Crippen LogP contribution in [0.1, 0.15) is 5.56 Å². The standard InChI is InChI=1S/C14H14N2O2S/c15-13(19)12(16-14(17)18)8-9-5-6-10-3-1-2-4-11(10)7-9/h1-7,12,16H,8H2,(H2,15,19)(H,17,18)/t12-/m1/s1. The van der Waals surface area contributed by atoms with Crippen molar-refractivity contribution in [1.82, 2.24) is 5.32 Å². The average molecular weight is 274 g/mol. The van der Waals surface area contributed by atoms with Gasteiger partial charge in [-0.2, -0.15) is 0 Å². The molecule has 0 aliphatic carbocycles. The van der Waals surface area contributed by atoms with E-state index in [4.69, 9.17) is 23.1 Å². The Bertz CT molecular complexity index is 628.